The minimum absolute atomic E-state index is 0.224. The Bertz CT molecular complexity index is 917. The summed E-state index contributed by atoms with van der Waals surface area (Å²) in [7, 11) is 2.03. The van der Waals surface area contributed by atoms with Crippen molar-refractivity contribution in [1.82, 2.24) is 0 Å². The molecule has 3 rings (SSSR count). The zero-order valence-electron chi connectivity index (χ0n) is 13.9. The molecule has 1 unspecified atom stereocenters. The van der Waals surface area contributed by atoms with E-state index >= 15 is 0 Å². The lowest BCUT2D eigenvalue weighted by molar-refractivity contribution is -0.907. The Morgan fingerprint density at radius 3 is 2.62 bits per heavy atom. The molecule has 1 aromatic heterocycles. The van der Waals surface area contributed by atoms with Gasteiger partial charge in [0.25, 0.3) is 0 Å². The fraction of sp³-hybridized carbons (Fsp3) is 0.250. The third-order valence-corrected chi connectivity index (χ3v) is 4.19. The van der Waals surface area contributed by atoms with Gasteiger partial charge in [-0.15, -0.1) is 0 Å². The number of nitrogens with one attached hydrogen (secondary N) is 1. The van der Waals surface area contributed by atoms with Crippen LogP contribution in [0.1, 0.15) is 23.6 Å². The largest absolute Gasteiger partial charge is 0.423 e. The van der Waals surface area contributed by atoms with E-state index in [0.717, 1.165) is 28.5 Å². The smallest absolute Gasteiger partial charge is 0.336 e. The van der Waals surface area contributed by atoms with E-state index in [1.807, 2.05) is 25.2 Å². The number of aryl methyl sites for hydroxylation is 1. The molecule has 0 spiro atoms. The number of fused-ring (bicyclic) bond motifs is 1. The maximum absolute atomic E-state index is 13.3. The summed E-state index contributed by atoms with van der Waals surface area (Å²) in [5, 5.41) is 0.963. The van der Waals surface area contributed by atoms with Gasteiger partial charge in [-0.2, -0.15) is 0 Å². The zero-order chi connectivity index (χ0) is 17.1. The lowest BCUT2D eigenvalue weighted by Crippen LogP contribution is -3.06. The van der Waals surface area contributed by atoms with Crippen molar-refractivity contribution in [2.24, 2.45) is 0 Å². The van der Waals surface area contributed by atoms with Gasteiger partial charge >= 0.3 is 5.63 Å². The Hall–Kier alpha value is -2.46. The number of hydrogen-bond donors (Lipinski definition) is 1. The van der Waals surface area contributed by atoms with Gasteiger partial charge in [0, 0.05) is 22.6 Å². The molecule has 24 heavy (non-hydrogen) atoms. The second-order valence-corrected chi connectivity index (χ2v) is 6.22. The summed E-state index contributed by atoms with van der Waals surface area (Å²) >= 11 is 0. The fourth-order valence-electron chi connectivity index (χ4n) is 3.02. The highest BCUT2D eigenvalue weighted by Gasteiger charge is 2.12. The highest BCUT2D eigenvalue weighted by molar-refractivity contribution is 5.80. The number of quaternary nitrogens is 1. The molecule has 0 aliphatic carbocycles. The van der Waals surface area contributed by atoms with Crippen LogP contribution in [0.2, 0.25) is 0 Å². The van der Waals surface area contributed by atoms with Crippen molar-refractivity contribution in [3.63, 3.8) is 0 Å². The van der Waals surface area contributed by atoms with Crippen molar-refractivity contribution in [2.75, 3.05) is 7.05 Å². The van der Waals surface area contributed by atoms with Gasteiger partial charge in [-0.1, -0.05) is 31.2 Å². The van der Waals surface area contributed by atoms with E-state index in [9.17, 15) is 9.18 Å². The van der Waals surface area contributed by atoms with Crippen LogP contribution in [0, 0.1) is 5.82 Å². The maximum Gasteiger partial charge on any atom is 0.336 e. The van der Waals surface area contributed by atoms with Crippen LogP contribution >= 0.6 is 0 Å². The molecule has 0 saturated heterocycles. The summed E-state index contributed by atoms with van der Waals surface area (Å²) in [6.07, 6.45) is 0.897. The van der Waals surface area contributed by atoms with E-state index in [1.54, 1.807) is 18.2 Å². The van der Waals surface area contributed by atoms with Crippen LogP contribution in [0.3, 0.4) is 0 Å². The topological polar surface area (TPSA) is 34.7 Å². The molecule has 0 bridgehead atoms. The first-order chi connectivity index (χ1) is 11.5. The van der Waals surface area contributed by atoms with Gasteiger partial charge in [-0.3, -0.25) is 0 Å². The van der Waals surface area contributed by atoms with Crippen molar-refractivity contribution >= 4 is 11.0 Å². The summed E-state index contributed by atoms with van der Waals surface area (Å²) in [5.74, 6) is -0.224. The SMILES string of the molecule is CCc1ccc2c(C[NH+](C)Cc3cccc(F)c3)cc(=O)oc2c1. The Kier molecular flexibility index (Phi) is 4.76. The summed E-state index contributed by atoms with van der Waals surface area (Å²) in [4.78, 5) is 13.0. The monoisotopic (exact) mass is 326 g/mol. The van der Waals surface area contributed by atoms with E-state index < -0.39 is 0 Å². The first kappa shape index (κ1) is 16.4. The number of rotatable bonds is 5. The van der Waals surface area contributed by atoms with Gasteiger partial charge in [0.2, 0.25) is 0 Å². The molecule has 0 amide bonds. The van der Waals surface area contributed by atoms with Gasteiger partial charge in [0.05, 0.1) is 7.05 Å². The molecular formula is C20H21FNO2+. The summed E-state index contributed by atoms with van der Waals surface area (Å²) < 4.78 is 18.7. The second-order valence-electron chi connectivity index (χ2n) is 6.22. The number of halogens is 1. The normalized spacial score (nSPS) is 12.5. The molecule has 2 aromatic carbocycles. The molecule has 0 aliphatic rings. The van der Waals surface area contributed by atoms with E-state index in [4.69, 9.17) is 4.42 Å². The van der Waals surface area contributed by atoms with Gasteiger partial charge in [-0.25, -0.2) is 9.18 Å². The van der Waals surface area contributed by atoms with E-state index in [0.29, 0.717) is 18.7 Å². The molecule has 0 saturated carbocycles. The van der Waals surface area contributed by atoms with Crippen molar-refractivity contribution < 1.29 is 13.7 Å². The Labute approximate surface area is 140 Å². The number of benzene rings is 2. The molecule has 4 heteroatoms. The zero-order valence-corrected chi connectivity index (χ0v) is 13.9. The van der Waals surface area contributed by atoms with Crippen LogP contribution in [0.5, 0.6) is 0 Å². The highest BCUT2D eigenvalue weighted by atomic mass is 19.1. The molecule has 0 fully saturated rings. The van der Waals surface area contributed by atoms with Crippen molar-refractivity contribution in [3.8, 4) is 0 Å². The fourth-order valence-corrected chi connectivity index (χ4v) is 3.02. The van der Waals surface area contributed by atoms with Crippen LogP contribution < -0.4 is 10.5 Å². The minimum Gasteiger partial charge on any atom is -0.423 e. The average molecular weight is 326 g/mol. The van der Waals surface area contributed by atoms with Crippen molar-refractivity contribution in [2.45, 2.75) is 26.4 Å². The van der Waals surface area contributed by atoms with Crippen LogP contribution in [0.15, 0.2) is 57.7 Å². The lowest BCUT2D eigenvalue weighted by Gasteiger charge is -2.15. The van der Waals surface area contributed by atoms with E-state index in [1.165, 1.54) is 11.0 Å². The van der Waals surface area contributed by atoms with Gasteiger partial charge in [-0.05, 0) is 30.2 Å². The summed E-state index contributed by atoms with van der Waals surface area (Å²) in [5.41, 5.74) is 3.34. The Balaban J connectivity index is 1.87. The van der Waals surface area contributed by atoms with E-state index in [-0.39, 0.29) is 11.4 Å². The van der Waals surface area contributed by atoms with Gasteiger partial charge < -0.3 is 9.32 Å². The Morgan fingerprint density at radius 2 is 1.88 bits per heavy atom. The minimum atomic E-state index is -0.329. The van der Waals surface area contributed by atoms with Crippen LogP contribution in [-0.4, -0.2) is 7.05 Å². The number of hydrogen-bond acceptors (Lipinski definition) is 2. The quantitative estimate of drug-likeness (QED) is 0.732. The molecule has 1 heterocycles. The molecule has 1 N–H and O–H groups in total. The van der Waals surface area contributed by atoms with Crippen LogP contribution in [0.25, 0.3) is 11.0 Å². The molecule has 3 aromatic rings. The molecule has 1 atom stereocenters. The first-order valence-electron chi connectivity index (χ1n) is 8.16. The standard InChI is InChI=1S/C20H20FNO2/c1-3-14-7-8-18-16(11-20(23)24-19(18)10-14)13-22(2)12-15-5-4-6-17(21)9-15/h4-11H,3,12-13H2,1-2H3/p+1. The molecule has 3 nitrogen and oxygen atoms in total. The maximum atomic E-state index is 13.3. The summed E-state index contributed by atoms with van der Waals surface area (Å²) in [6.45, 7) is 3.43. The van der Waals surface area contributed by atoms with Crippen LogP contribution in [0.4, 0.5) is 4.39 Å². The highest BCUT2D eigenvalue weighted by Crippen LogP contribution is 2.18. The third kappa shape index (κ3) is 3.71. The predicted octanol–water partition coefficient (Wildman–Crippen LogP) is 2.71. The van der Waals surface area contributed by atoms with Crippen molar-refractivity contribution in [3.05, 3.63) is 81.5 Å². The molecular weight excluding hydrogens is 305 g/mol. The first-order valence-corrected chi connectivity index (χ1v) is 8.16. The van der Waals surface area contributed by atoms with Crippen LogP contribution in [-0.2, 0) is 19.5 Å². The molecule has 124 valence electrons. The predicted molar refractivity (Wildman–Crippen MR) is 92.6 cm³/mol. The average Bonchev–Trinajstić information content (AvgIpc) is 2.53. The third-order valence-electron chi connectivity index (χ3n) is 4.19. The second kappa shape index (κ2) is 6.97. The van der Waals surface area contributed by atoms with E-state index in [2.05, 4.69) is 13.0 Å². The molecule has 0 radical (unpaired) electrons. The van der Waals surface area contributed by atoms with Crippen molar-refractivity contribution in [1.29, 1.82) is 0 Å². The molecule has 0 aliphatic heterocycles. The van der Waals surface area contributed by atoms with Gasteiger partial charge in [0.15, 0.2) is 0 Å². The Morgan fingerprint density at radius 1 is 1.04 bits per heavy atom. The summed E-state index contributed by atoms with van der Waals surface area (Å²) in [6, 6.07) is 14.2. The van der Waals surface area contributed by atoms with Gasteiger partial charge in [0.1, 0.15) is 24.5 Å². The lowest BCUT2D eigenvalue weighted by atomic mass is 10.1.